The highest BCUT2D eigenvalue weighted by atomic mass is 16.2. The van der Waals surface area contributed by atoms with Crippen LogP contribution in [0.3, 0.4) is 0 Å². The molecule has 0 aromatic carbocycles. The van der Waals surface area contributed by atoms with Crippen LogP contribution in [0.1, 0.15) is 20.3 Å². The van der Waals surface area contributed by atoms with Crippen molar-refractivity contribution >= 4 is 17.3 Å². The number of hydrogen-bond acceptors (Lipinski definition) is 4. The largest absolute Gasteiger partial charge is 0.384 e. The summed E-state index contributed by atoms with van der Waals surface area (Å²) < 4.78 is 0. The number of amides is 1. The molecule has 0 spiro atoms. The SMILES string of the molecule is CCCNc1cncc(N(CC)CC(=O)N(C)C)c1. The zero-order chi connectivity index (χ0) is 14.3. The van der Waals surface area contributed by atoms with E-state index in [0.717, 1.165) is 30.9 Å². The minimum absolute atomic E-state index is 0.0915. The third kappa shape index (κ3) is 4.77. The molecule has 0 aliphatic heterocycles. The smallest absolute Gasteiger partial charge is 0.241 e. The number of nitrogens with zero attached hydrogens (tertiary/aromatic N) is 3. The summed E-state index contributed by atoms with van der Waals surface area (Å²) >= 11 is 0. The molecule has 1 aromatic rings. The van der Waals surface area contributed by atoms with Gasteiger partial charge in [-0.05, 0) is 19.4 Å². The molecule has 0 saturated heterocycles. The summed E-state index contributed by atoms with van der Waals surface area (Å²) in [6.45, 7) is 6.24. The Hall–Kier alpha value is -1.78. The van der Waals surface area contributed by atoms with E-state index in [9.17, 15) is 4.79 Å². The number of pyridine rings is 1. The summed E-state index contributed by atoms with van der Waals surface area (Å²) in [6, 6.07) is 2.04. The number of anilines is 2. The van der Waals surface area contributed by atoms with Crippen molar-refractivity contribution < 1.29 is 4.79 Å². The lowest BCUT2D eigenvalue weighted by Crippen LogP contribution is -2.36. The second kappa shape index (κ2) is 7.61. The number of aromatic nitrogens is 1. The Morgan fingerprint density at radius 3 is 2.63 bits per heavy atom. The van der Waals surface area contributed by atoms with Crippen LogP contribution in [0.2, 0.25) is 0 Å². The molecule has 5 heteroatoms. The van der Waals surface area contributed by atoms with Crippen LogP contribution in [0.5, 0.6) is 0 Å². The monoisotopic (exact) mass is 264 g/mol. The molecule has 1 rings (SSSR count). The van der Waals surface area contributed by atoms with Crippen molar-refractivity contribution in [1.82, 2.24) is 9.88 Å². The number of hydrogen-bond donors (Lipinski definition) is 1. The van der Waals surface area contributed by atoms with Gasteiger partial charge in [-0.2, -0.15) is 0 Å². The lowest BCUT2D eigenvalue weighted by molar-refractivity contribution is -0.127. The Morgan fingerprint density at radius 1 is 1.32 bits per heavy atom. The number of likely N-dealkylation sites (N-methyl/N-ethyl adjacent to an activating group) is 2. The van der Waals surface area contributed by atoms with Crippen molar-refractivity contribution in [2.75, 3.05) is 43.9 Å². The molecular weight excluding hydrogens is 240 g/mol. The first kappa shape index (κ1) is 15.3. The lowest BCUT2D eigenvalue weighted by Gasteiger charge is -2.24. The van der Waals surface area contributed by atoms with Crippen molar-refractivity contribution in [3.05, 3.63) is 18.5 Å². The molecule has 0 saturated carbocycles. The Bertz CT molecular complexity index is 406. The van der Waals surface area contributed by atoms with Crippen LogP contribution >= 0.6 is 0 Å². The zero-order valence-electron chi connectivity index (χ0n) is 12.3. The van der Waals surface area contributed by atoms with Crippen LogP contribution in [0.15, 0.2) is 18.5 Å². The summed E-state index contributed by atoms with van der Waals surface area (Å²) in [4.78, 5) is 19.6. The molecule has 1 aromatic heterocycles. The number of nitrogens with one attached hydrogen (secondary N) is 1. The van der Waals surface area contributed by atoms with E-state index in [1.54, 1.807) is 31.4 Å². The van der Waals surface area contributed by atoms with Gasteiger partial charge >= 0.3 is 0 Å². The van der Waals surface area contributed by atoms with Crippen LogP contribution < -0.4 is 10.2 Å². The van der Waals surface area contributed by atoms with Gasteiger partial charge in [0.25, 0.3) is 0 Å². The summed E-state index contributed by atoms with van der Waals surface area (Å²) in [5.74, 6) is 0.0915. The first-order valence-electron chi connectivity index (χ1n) is 6.72. The highest BCUT2D eigenvalue weighted by Crippen LogP contribution is 2.17. The molecule has 106 valence electrons. The highest BCUT2D eigenvalue weighted by molar-refractivity contribution is 5.81. The minimum Gasteiger partial charge on any atom is -0.384 e. The van der Waals surface area contributed by atoms with Gasteiger partial charge in [0.15, 0.2) is 0 Å². The number of carbonyl (C=O) groups excluding carboxylic acids is 1. The summed E-state index contributed by atoms with van der Waals surface area (Å²) in [5, 5.41) is 3.31. The Labute approximate surface area is 115 Å². The normalized spacial score (nSPS) is 10.1. The van der Waals surface area contributed by atoms with E-state index in [1.807, 2.05) is 17.9 Å². The van der Waals surface area contributed by atoms with Gasteiger partial charge < -0.3 is 15.1 Å². The molecule has 5 nitrogen and oxygen atoms in total. The molecule has 0 aliphatic carbocycles. The van der Waals surface area contributed by atoms with Crippen LogP contribution in [0.4, 0.5) is 11.4 Å². The fourth-order valence-electron chi connectivity index (χ4n) is 1.66. The lowest BCUT2D eigenvalue weighted by atomic mass is 10.3. The molecule has 0 atom stereocenters. The second-order valence-electron chi connectivity index (χ2n) is 4.66. The van der Waals surface area contributed by atoms with Gasteiger partial charge in [0.05, 0.1) is 30.3 Å². The van der Waals surface area contributed by atoms with E-state index in [0.29, 0.717) is 6.54 Å². The maximum absolute atomic E-state index is 11.8. The molecule has 1 heterocycles. The van der Waals surface area contributed by atoms with Crippen LogP contribution in [-0.2, 0) is 4.79 Å². The van der Waals surface area contributed by atoms with E-state index < -0.39 is 0 Å². The molecule has 0 radical (unpaired) electrons. The van der Waals surface area contributed by atoms with Gasteiger partial charge in [0.1, 0.15) is 0 Å². The summed E-state index contributed by atoms with van der Waals surface area (Å²) in [7, 11) is 3.54. The number of carbonyl (C=O) groups is 1. The van der Waals surface area contributed by atoms with Gasteiger partial charge in [-0.3, -0.25) is 9.78 Å². The maximum Gasteiger partial charge on any atom is 0.241 e. The van der Waals surface area contributed by atoms with Gasteiger partial charge in [0.2, 0.25) is 5.91 Å². The maximum atomic E-state index is 11.8. The molecule has 1 N–H and O–H groups in total. The average Bonchev–Trinajstić information content (AvgIpc) is 2.42. The van der Waals surface area contributed by atoms with Crippen LogP contribution in [-0.4, -0.2) is 49.5 Å². The molecule has 19 heavy (non-hydrogen) atoms. The first-order valence-corrected chi connectivity index (χ1v) is 6.72. The summed E-state index contributed by atoms with van der Waals surface area (Å²) in [6.07, 6.45) is 4.67. The van der Waals surface area contributed by atoms with Gasteiger partial charge in [0, 0.05) is 27.2 Å². The van der Waals surface area contributed by atoms with Gasteiger partial charge in [-0.15, -0.1) is 0 Å². The second-order valence-corrected chi connectivity index (χ2v) is 4.66. The van der Waals surface area contributed by atoms with E-state index >= 15 is 0 Å². The van der Waals surface area contributed by atoms with E-state index in [-0.39, 0.29) is 5.91 Å². The molecular formula is C14H24N4O. The van der Waals surface area contributed by atoms with Crippen molar-refractivity contribution in [2.45, 2.75) is 20.3 Å². The minimum atomic E-state index is 0.0915. The molecule has 0 aliphatic rings. The predicted octanol–water partition coefficient (Wildman–Crippen LogP) is 1.82. The average molecular weight is 264 g/mol. The molecule has 1 amide bonds. The van der Waals surface area contributed by atoms with Crippen LogP contribution in [0.25, 0.3) is 0 Å². The standard InChI is InChI=1S/C14H24N4O/c1-5-7-16-12-8-13(10-15-9-12)18(6-2)11-14(19)17(3)4/h8-10,16H,5-7,11H2,1-4H3. The predicted molar refractivity (Wildman–Crippen MR) is 79.6 cm³/mol. The third-order valence-electron chi connectivity index (χ3n) is 2.87. The third-order valence-corrected chi connectivity index (χ3v) is 2.87. The molecule has 0 unspecified atom stereocenters. The van der Waals surface area contributed by atoms with Crippen molar-refractivity contribution in [3.8, 4) is 0 Å². The highest BCUT2D eigenvalue weighted by Gasteiger charge is 2.12. The molecule has 0 bridgehead atoms. The fourth-order valence-corrected chi connectivity index (χ4v) is 1.66. The Kier molecular flexibility index (Phi) is 6.12. The van der Waals surface area contributed by atoms with E-state index in [4.69, 9.17) is 0 Å². The van der Waals surface area contributed by atoms with Gasteiger partial charge in [-0.1, -0.05) is 6.92 Å². The van der Waals surface area contributed by atoms with Crippen molar-refractivity contribution in [3.63, 3.8) is 0 Å². The summed E-state index contributed by atoms with van der Waals surface area (Å²) in [5.41, 5.74) is 1.97. The topological polar surface area (TPSA) is 48.5 Å². The number of rotatable bonds is 7. The van der Waals surface area contributed by atoms with Crippen molar-refractivity contribution in [1.29, 1.82) is 0 Å². The zero-order valence-corrected chi connectivity index (χ0v) is 12.3. The molecule has 0 fully saturated rings. The van der Waals surface area contributed by atoms with Gasteiger partial charge in [-0.25, -0.2) is 0 Å². The Morgan fingerprint density at radius 2 is 2.05 bits per heavy atom. The fraction of sp³-hybridized carbons (Fsp3) is 0.571. The van der Waals surface area contributed by atoms with E-state index in [1.165, 1.54) is 0 Å². The Balaban J connectivity index is 2.77. The van der Waals surface area contributed by atoms with Crippen molar-refractivity contribution in [2.24, 2.45) is 0 Å². The van der Waals surface area contributed by atoms with Crippen LogP contribution in [0, 0.1) is 0 Å². The quantitative estimate of drug-likeness (QED) is 0.816. The first-order chi connectivity index (χ1) is 9.08. The van der Waals surface area contributed by atoms with E-state index in [2.05, 4.69) is 17.2 Å².